The SMILES string of the molecule is CCNC(=NCC(C)(C)c1cccc(OC)c1)NCC1(C)CCCO1.I. The highest BCUT2D eigenvalue weighted by Gasteiger charge is 2.30. The number of guanidine groups is 1. The van der Waals surface area contributed by atoms with E-state index in [1.54, 1.807) is 7.11 Å². The van der Waals surface area contributed by atoms with E-state index in [-0.39, 0.29) is 35.0 Å². The topological polar surface area (TPSA) is 54.9 Å². The third-order valence-corrected chi connectivity index (χ3v) is 4.76. The van der Waals surface area contributed by atoms with Crippen LogP contribution >= 0.6 is 24.0 Å². The summed E-state index contributed by atoms with van der Waals surface area (Å²) in [6, 6.07) is 8.22. The molecule has 1 aliphatic rings. The molecule has 1 atom stereocenters. The Morgan fingerprint density at radius 1 is 1.35 bits per heavy atom. The number of hydrogen-bond donors (Lipinski definition) is 2. The minimum Gasteiger partial charge on any atom is -0.497 e. The molecule has 148 valence electrons. The van der Waals surface area contributed by atoms with Gasteiger partial charge in [-0.1, -0.05) is 26.0 Å². The molecule has 0 aliphatic carbocycles. The molecule has 2 N–H and O–H groups in total. The first-order valence-electron chi connectivity index (χ1n) is 9.19. The van der Waals surface area contributed by atoms with Crippen molar-refractivity contribution in [2.24, 2.45) is 4.99 Å². The van der Waals surface area contributed by atoms with Crippen LogP contribution in [0.15, 0.2) is 29.3 Å². The first-order valence-corrected chi connectivity index (χ1v) is 9.19. The molecular formula is C20H34IN3O2. The van der Waals surface area contributed by atoms with Gasteiger partial charge in [0.25, 0.3) is 0 Å². The van der Waals surface area contributed by atoms with Crippen molar-refractivity contribution in [2.75, 3.05) is 33.4 Å². The first kappa shape index (κ1) is 23.0. The molecule has 26 heavy (non-hydrogen) atoms. The van der Waals surface area contributed by atoms with E-state index in [0.717, 1.165) is 44.2 Å². The van der Waals surface area contributed by atoms with Crippen molar-refractivity contribution in [1.29, 1.82) is 0 Å². The van der Waals surface area contributed by atoms with E-state index in [2.05, 4.69) is 50.5 Å². The molecule has 1 aromatic carbocycles. The quantitative estimate of drug-likeness (QED) is 0.359. The maximum atomic E-state index is 5.85. The fraction of sp³-hybridized carbons (Fsp3) is 0.650. The highest BCUT2D eigenvalue weighted by Crippen LogP contribution is 2.27. The molecule has 0 aromatic heterocycles. The number of nitrogens with zero attached hydrogens (tertiary/aromatic N) is 1. The van der Waals surface area contributed by atoms with Gasteiger partial charge >= 0.3 is 0 Å². The summed E-state index contributed by atoms with van der Waals surface area (Å²) in [5, 5.41) is 6.77. The van der Waals surface area contributed by atoms with E-state index >= 15 is 0 Å². The fourth-order valence-electron chi connectivity index (χ4n) is 3.00. The van der Waals surface area contributed by atoms with E-state index < -0.39 is 0 Å². The van der Waals surface area contributed by atoms with Crippen molar-refractivity contribution < 1.29 is 9.47 Å². The van der Waals surface area contributed by atoms with E-state index in [9.17, 15) is 0 Å². The molecule has 0 bridgehead atoms. The van der Waals surface area contributed by atoms with Crippen molar-refractivity contribution in [3.63, 3.8) is 0 Å². The van der Waals surface area contributed by atoms with Gasteiger partial charge in [-0.2, -0.15) is 0 Å². The maximum absolute atomic E-state index is 5.85. The molecule has 6 heteroatoms. The van der Waals surface area contributed by atoms with Crippen LogP contribution in [0.2, 0.25) is 0 Å². The maximum Gasteiger partial charge on any atom is 0.191 e. The lowest BCUT2D eigenvalue weighted by molar-refractivity contribution is 0.0243. The van der Waals surface area contributed by atoms with Gasteiger partial charge in [0, 0.05) is 25.1 Å². The van der Waals surface area contributed by atoms with Crippen LogP contribution in [-0.4, -0.2) is 44.9 Å². The fourth-order valence-corrected chi connectivity index (χ4v) is 3.00. The minimum atomic E-state index is -0.0848. The smallest absolute Gasteiger partial charge is 0.191 e. The second-order valence-corrected chi connectivity index (χ2v) is 7.57. The zero-order chi connectivity index (χ0) is 18.3. The lowest BCUT2D eigenvalue weighted by Gasteiger charge is -2.26. The van der Waals surface area contributed by atoms with Crippen molar-refractivity contribution >= 4 is 29.9 Å². The van der Waals surface area contributed by atoms with Crippen LogP contribution in [0.4, 0.5) is 0 Å². The second-order valence-electron chi connectivity index (χ2n) is 7.57. The Kier molecular flexibility index (Phi) is 9.16. The van der Waals surface area contributed by atoms with Gasteiger partial charge in [0.2, 0.25) is 0 Å². The molecule has 0 radical (unpaired) electrons. The Bertz CT molecular complexity index is 584. The van der Waals surface area contributed by atoms with Crippen LogP contribution in [-0.2, 0) is 10.2 Å². The Labute approximate surface area is 175 Å². The number of benzene rings is 1. The monoisotopic (exact) mass is 475 g/mol. The van der Waals surface area contributed by atoms with Gasteiger partial charge < -0.3 is 20.1 Å². The average molecular weight is 475 g/mol. The van der Waals surface area contributed by atoms with Crippen LogP contribution in [0.25, 0.3) is 0 Å². The summed E-state index contributed by atoms with van der Waals surface area (Å²) < 4.78 is 11.2. The zero-order valence-electron chi connectivity index (χ0n) is 16.7. The number of methoxy groups -OCH3 is 1. The van der Waals surface area contributed by atoms with Gasteiger partial charge in [0.15, 0.2) is 5.96 Å². The Morgan fingerprint density at radius 2 is 2.12 bits per heavy atom. The number of halogens is 1. The standard InChI is InChI=1S/C20H33N3O2.HI/c1-6-21-18(23-15-20(4)11-8-12-25-20)22-14-19(2,3)16-9-7-10-17(13-16)24-5;/h7,9-10,13H,6,8,11-12,14-15H2,1-5H3,(H2,21,22,23);1H. The summed E-state index contributed by atoms with van der Waals surface area (Å²) in [5.41, 5.74) is 1.06. The van der Waals surface area contributed by atoms with Gasteiger partial charge in [0.05, 0.1) is 19.3 Å². The molecule has 1 aromatic rings. The van der Waals surface area contributed by atoms with Crippen LogP contribution in [0.3, 0.4) is 0 Å². The summed E-state index contributed by atoms with van der Waals surface area (Å²) >= 11 is 0. The van der Waals surface area contributed by atoms with E-state index in [1.165, 1.54) is 5.56 Å². The second kappa shape index (κ2) is 10.3. The Morgan fingerprint density at radius 3 is 2.73 bits per heavy atom. The minimum absolute atomic E-state index is 0. The molecular weight excluding hydrogens is 441 g/mol. The number of rotatable bonds is 7. The average Bonchev–Trinajstić information content (AvgIpc) is 3.04. The Balaban J connectivity index is 0.00000338. The number of hydrogen-bond acceptors (Lipinski definition) is 3. The Hall–Kier alpha value is -1.02. The molecule has 0 amide bonds. The highest BCUT2D eigenvalue weighted by molar-refractivity contribution is 14.0. The highest BCUT2D eigenvalue weighted by atomic mass is 127. The molecule has 1 aliphatic heterocycles. The first-order chi connectivity index (χ1) is 11.9. The molecule has 0 saturated carbocycles. The molecule has 0 spiro atoms. The predicted octanol–water partition coefficient (Wildman–Crippen LogP) is 3.72. The van der Waals surface area contributed by atoms with Crippen LogP contribution < -0.4 is 15.4 Å². The van der Waals surface area contributed by atoms with Crippen LogP contribution in [0.5, 0.6) is 5.75 Å². The molecule has 2 rings (SSSR count). The van der Waals surface area contributed by atoms with Gasteiger partial charge in [-0.25, -0.2) is 0 Å². The lowest BCUT2D eigenvalue weighted by Crippen LogP contribution is -2.46. The summed E-state index contributed by atoms with van der Waals surface area (Å²) in [7, 11) is 1.70. The number of aliphatic imine (C=N–C) groups is 1. The van der Waals surface area contributed by atoms with E-state index in [0.29, 0.717) is 6.54 Å². The largest absolute Gasteiger partial charge is 0.497 e. The molecule has 1 fully saturated rings. The number of nitrogens with one attached hydrogen (secondary N) is 2. The summed E-state index contributed by atoms with van der Waals surface area (Å²) in [5.74, 6) is 1.72. The van der Waals surface area contributed by atoms with Gasteiger partial charge in [0.1, 0.15) is 5.75 Å². The van der Waals surface area contributed by atoms with Crippen molar-refractivity contribution in [2.45, 2.75) is 51.6 Å². The van der Waals surface area contributed by atoms with Crippen molar-refractivity contribution in [3.8, 4) is 5.75 Å². The van der Waals surface area contributed by atoms with Crippen molar-refractivity contribution in [1.82, 2.24) is 10.6 Å². The lowest BCUT2D eigenvalue weighted by atomic mass is 9.85. The summed E-state index contributed by atoms with van der Waals surface area (Å²) in [6.07, 6.45) is 2.23. The third-order valence-electron chi connectivity index (χ3n) is 4.76. The van der Waals surface area contributed by atoms with E-state index in [1.807, 2.05) is 12.1 Å². The zero-order valence-corrected chi connectivity index (χ0v) is 19.1. The van der Waals surface area contributed by atoms with Gasteiger partial charge in [-0.15, -0.1) is 24.0 Å². The van der Waals surface area contributed by atoms with Crippen LogP contribution in [0.1, 0.15) is 46.1 Å². The van der Waals surface area contributed by atoms with Gasteiger partial charge in [-0.05, 0) is 44.4 Å². The number of ether oxygens (including phenoxy) is 2. The van der Waals surface area contributed by atoms with Crippen LogP contribution in [0, 0.1) is 0 Å². The normalized spacial score (nSPS) is 20.4. The third kappa shape index (κ3) is 6.61. The van der Waals surface area contributed by atoms with E-state index in [4.69, 9.17) is 14.5 Å². The van der Waals surface area contributed by atoms with Crippen molar-refractivity contribution in [3.05, 3.63) is 29.8 Å². The summed E-state index contributed by atoms with van der Waals surface area (Å²) in [6.45, 7) is 11.8. The molecule has 1 saturated heterocycles. The summed E-state index contributed by atoms with van der Waals surface area (Å²) in [4.78, 5) is 4.81. The molecule has 1 heterocycles. The molecule has 1 unspecified atom stereocenters. The van der Waals surface area contributed by atoms with Gasteiger partial charge in [-0.3, -0.25) is 4.99 Å². The molecule has 5 nitrogen and oxygen atoms in total. The predicted molar refractivity (Wildman–Crippen MR) is 119 cm³/mol.